The Kier molecular flexibility index (Phi) is 3.68. The van der Waals surface area contributed by atoms with Crippen molar-refractivity contribution in [2.75, 3.05) is 25.4 Å². The first-order valence-electron chi connectivity index (χ1n) is 7.00. The van der Waals surface area contributed by atoms with Crippen LogP contribution in [0.15, 0.2) is 0 Å². The lowest BCUT2D eigenvalue weighted by Gasteiger charge is -2.39. The van der Waals surface area contributed by atoms with Crippen LogP contribution in [0.4, 0.5) is 0 Å². The molecular formula is C13H20N2O4S. The van der Waals surface area contributed by atoms with Gasteiger partial charge in [-0.3, -0.25) is 4.79 Å². The summed E-state index contributed by atoms with van der Waals surface area (Å²) in [4.78, 5) is 25.3. The van der Waals surface area contributed by atoms with Crippen molar-refractivity contribution in [1.29, 1.82) is 0 Å². The van der Waals surface area contributed by atoms with Gasteiger partial charge in [-0.15, -0.1) is 11.8 Å². The van der Waals surface area contributed by atoms with Crippen LogP contribution in [0.2, 0.25) is 0 Å². The Morgan fingerprint density at radius 2 is 2.15 bits per heavy atom. The minimum atomic E-state index is -0.912. The van der Waals surface area contributed by atoms with Gasteiger partial charge >= 0.3 is 5.97 Å². The molecule has 2 saturated heterocycles. The topological polar surface area (TPSA) is 78.9 Å². The number of rotatable bonds is 5. The normalized spacial score (nSPS) is 31.9. The van der Waals surface area contributed by atoms with Gasteiger partial charge in [-0.1, -0.05) is 0 Å². The number of nitrogens with one attached hydrogen (secondary N) is 1. The van der Waals surface area contributed by atoms with Crippen molar-refractivity contribution >= 4 is 23.6 Å². The average Bonchev–Trinajstić information content (AvgIpc) is 3.12. The van der Waals surface area contributed by atoms with Crippen molar-refractivity contribution in [3.05, 3.63) is 0 Å². The predicted octanol–water partition coefficient (Wildman–Crippen LogP) is 0.130. The van der Waals surface area contributed by atoms with Crippen molar-refractivity contribution in [3.63, 3.8) is 0 Å². The Morgan fingerprint density at radius 3 is 2.65 bits per heavy atom. The lowest BCUT2D eigenvalue weighted by Crippen LogP contribution is -2.60. The summed E-state index contributed by atoms with van der Waals surface area (Å²) in [7, 11) is 0. The first-order chi connectivity index (χ1) is 9.50. The largest absolute Gasteiger partial charge is 0.480 e. The highest BCUT2D eigenvalue weighted by Crippen LogP contribution is 2.45. The molecule has 0 spiro atoms. The van der Waals surface area contributed by atoms with Crippen LogP contribution in [0.25, 0.3) is 0 Å². The molecule has 1 amide bonds. The monoisotopic (exact) mass is 300 g/mol. The summed E-state index contributed by atoms with van der Waals surface area (Å²) in [6.07, 6.45) is 2.19. The number of ether oxygens (including phenoxy) is 1. The number of hydrogen-bond donors (Lipinski definition) is 2. The maximum absolute atomic E-state index is 12.4. The van der Waals surface area contributed by atoms with E-state index in [1.165, 1.54) is 0 Å². The van der Waals surface area contributed by atoms with Crippen molar-refractivity contribution in [2.45, 2.75) is 36.8 Å². The molecule has 3 fully saturated rings. The summed E-state index contributed by atoms with van der Waals surface area (Å²) in [5.41, 5.74) is -0.281. The van der Waals surface area contributed by atoms with Gasteiger partial charge in [-0.05, 0) is 25.7 Å². The van der Waals surface area contributed by atoms with E-state index in [2.05, 4.69) is 5.32 Å². The van der Waals surface area contributed by atoms with Gasteiger partial charge in [-0.25, -0.2) is 4.79 Å². The van der Waals surface area contributed by atoms with E-state index in [9.17, 15) is 14.7 Å². The maximum atomic E-state index is 12.4. The Balaban J connectivity index is 1.63. The predicted molar refractivity (Wildman–Crippen MR) is 74.5 cm³/mol. The quantitative estimate of drug-likeness (QED) is 0.751. The molecule has 2 N–H and O–H groups in total. The smallest absolute Gasteiger partial charge is 0.327 e. The van der Waals surface area contributed by atoms with Gasteiger partial charge in [0, 0.05) is 18.8 Å². The van der Waals surface area contributed by atoms with Gasteiger partial charge in [0.05, 0.1) is 11.0 Å². The van der Waals surface area contributed by atoms with Gasteiger partial charge in [0.25, 0.3) is 0 Å². The summed E-state index contributed by atoms with van der Waals surface area (Å²) >= 11 is 1.60. The number of thioether (sulfide) groups is 1. The zero-order chi connectivity index (χ0) is 14.3. The second-order valence-corrected chi connectivity index (χ2v) is 7.21. The standard InChI is InChI=1S/C13H20N2O4S/c1-13(6-14-7-13)19-4-10(16)15-9(12(17)18)5-20-11(15)8-2-3-8/h8-9,11,14H,2-7H2,1H3,(H,17,18). The fraction of sp³-hybridized carbons (Fsp3) is 0.846. The first-order valence-corrected chi connectivity index (χ1v) is 8.05. The van der Waals surface area contributed by atoms with E-state index in [1.54, 1.807) is 16.7 Å². The lowest BCUT2D eigenvalue weighted by molar-refractivity contribution is -0.156. The minimum absolute atomic E-state index is 0.0221. The maximum Gasteiger partial charge on any atom is 0.327 e. The summed E-state index contributed by atoms with van der Waals surface area (Å²) < 4.78 is 5.66. The average molecular weight is 300 g/mol. The molecular weight excluding hydrogens is 280 g/mol. The van der Waals surface area contributed by atoms with E-state index in [4.69, 9.17) is 4.74 Å². The van der Waals surface area contributed by atoms with Crippen LogP contribution in [-0.2, 0) is 14.3 Å². The number of aliphatic carboxylic acids is 1. The molecule has 3 aliphatic rings. The molecule has 1 saturated carbocycles. The van der Waals surface area contributed by atoms with Crippen molar-refractivity contribution in [3.8, 4) is 0 Å². The van der Waals surface area contributed by atoms with E-state index in [0.29, 0.717) is 11.7 Å². The number of carbonyl (C=O) groups excluding carboxylic acids is 1. The number of carboxylic acid groups (broad SMARTS) is 1. The van der Waals surface area contributed by atoms with Gasteiger partial charge < -0.3 is 20.1 Å². The molecule has 0 aromatic carbocycles. The third-order valence-electron chi connectivity index (χ3n) is 4.18. The zero-order valence-corrected chi connectivity index (χ0v) is 12.3. The zero-order valence-electron chi connectivity index (χ0n) is 11.5. The van der Waals surface area contributed by atoms with Gasteiger partial charge in [0.2, 0.25) is 5.91 Å². The molecule has 0 radical (unpaired) electrons. The molecule has 2 heterocycles. The molecule has 0 aromatic rings. The van der Waals surface area contributed by atoms with Crippen molar-refractivity contribution in [1.82, 2.24) is 10.2 Å². The van der Waals surface area contributed by atoms with Crippen molar-refractivity contribution in [2.24, 2.45) is 5.92 Å². The molecule has 0 aromatic heterocycles. The summed E-state index contributed by atoms with van der Waals surface area (Å²) in [5.74, 6) is -0.145. The van der Waals surface area contributed by atoms with E-state index in [0.717, 1.165) is 25.9 Å². The van der Waals surface area contributed by atoms with Crippen LogP contribution in [0.1, 0.15) is 19.8 Å². The first kappa shape index (κ1) is 14.2. The molecule has 20 heavy (non-hydrogen) atoms. The fourth-order valence-electron chi connectivity index (χ4n) is 2.67. The molecule has 3 rings (SSSR count). The van der Waals surface area contributed by atoms with Crippen LogP contribution in [0.5, 0.6) is 0 Å². The highest BCUT2D eigenvalue weighted by atomic mass is 32.2. The van der Waals surface area contributed by atoms with Crippen molar-refractivity contribution < 1.29 is 19.4 Å². The SMILES string of the molecule is CC1(OCC(=O)N2C(C(=O)O)CSC2C2CC2)CNC1. The van der Waals surface area contributed by atoms with E-state index in [-0.39, 0.29) is 23.5 Å². The molecule has 7 heteroatoms. The number of hydrogen-bond acceptors (Lipinski definition) is 5. The Bertz CT molecular complexity index is 423. The summed E-state index contributed by atoms with van der Waals surface area (Å²) in [6, 6.07) is -0.700. The van der Waals surface area contributed by atoms with Crippen LogP contribution in [0.3, 0.4) is 0 Å². The van der Waals surface area contributed by atoms with E-state index < -0.39 is 12.0 Å². The van der Waals surface area contributed by atoms with E-state index in [1.807, 2.05) is 6.92 Å². The van der Waals surface area contributed by atoms with Crippen LogP contribution < -0.4 is 5.32 Å². The lowest BCUT2D eigenvalue weighted by atomic mass is 10.0. The Morgan fingerprint density at radius 1 is 1.45 bits per heavy atom. The number of nitrogens with zero attached hydrogens (tertiary/aromatic N) is 1. The van der Waals surface area contributed by atoms with Crippen LogP contribution >= 0.6 is 11.8 Å². The van der Waals surface area contributed by atoms with E-state index >= 15 is 0 Å². The van der Waals surface area contributed by atoms with Crippen LogP contribution in [-0.4, -0.2) is 64.3 Å². The molecule has 2 unspecified atom stereocenters. The molecule has 0 bridgehead atoms. The summed E-state index contributed by atoms with van der Waals surface area (Å²) in [6.45, 7) is 3.42. The number of carboxylic acids is 1. The fourth-order valence-corrected chi connectivity index (χ4v) is 4.32. The number of carbonyl (C=O) groups is 2. The molecule has 6 nitrogen and oxygen atoms in total. The number of amides is 1. The van der Waals surface area contributed by atoms with Gasteiger partial charge in [-0.2, -0.15) is 0 Å². The third-order valence-corrected chi connectivity index (χ3v) is 5.64. The Labute approximate surface area is 122 Å². The molecule has 2 aliphatic heterocycles. The highest BCUT2D eigenvalue weighted by Gasteiger charge is 2.48. The highest BCUT2D eigenvalue weighted by molar-refractivity contribution is 8.00. The molecule has 112 valence electrons. The van der Waals surface area contributed by atoms with Gasteiger partial charge in [0.1, 0.15) is 12.6 Å². The second-order valence-electron chi connectivity index (χ2n) is 6.06. The second kappa shape index (κ2) is 5.20. The minimum Gasteiger partial charge on any atom is -0.480 e. The van der Waals surface area contributed by atoms with Crippen LogP contribution in [0, 0.1) is 5.92 Å². The van der Waals surface area contributed by atoms with Gasteiger partial charge in [0.15, 0.2) is 0 Å². The third kappa shape index (κ3) is 2.66. The summed E-state index contributed by atoms with van der Waals surface area (Å²) in [5, 5.41) is 12.4. The molecule has 1 aliphatic carbocycles. The molecule has 2 atom stereocenters. The Hall–Kier alpha value is -0.790.